The SMILES string of the molecule is O=C(O)CC1Sc2cc(Cl)cnc2N(Cc2nc3c(Cl)c(Cl)ccc3s2)C1=O. The largest absolute Gasteiger partial charge is 0.481 e. The van der Waals surface area contributed by atoms with Gasteiger partial charge in [-0.3, -0.25) is 14.5 Å². The lowest BCUT2D eigenvalue weighted by Gasteiger charge is -2.31. The fourth-order valence-electron chi connectivity index (χ4n) is 2.81. The summed E-state index contributed by atoms with van der Waals surface area (Å²) < 4.78 is 0.842. The molecule has 1 amide bonds. The summed E-state index contributed by atoms with van der Waals surface area (Å²) in [4.78, 5) is 35.0. The maximum atomic E-state index is 12.9. The Morgan fingerprint density at radius 1 is 1.29 bits per heavy atom. The third kappa shape index (κ3) is 3.67. The number of carbonyl (C=O) groups is 2. The number of rotatable bonds is 4. The molecule has 0 spiro atoms. The van der Waals surface area contributed by atoms with Gasteiger partial charge in [0.05, 0.1) is 42.9 Å². The second-order valence-corrected chi connectivity index (χ2v) is 9.50. The summed E-state index contributed by atoms with van der Waals surface area (Å²) in [5, 5.41) is 10.2. The molecular weight excluding hydrogens is 465 g/mol. The third-order valence-corrected chi connectivity index (χ3v) is 7.23. The number of nitrogens with zero attached hydrogens (tertiary/aromatic N) is 3. The number of aliphatic carboxylic acids is 1. The van der Waals surface area contributed by atoms with Crippen LogP contribution in [0.1, 0.15) is 11.4 Å². The Labute approximate surface area is 182 Å². The van der Waals surface area contributed by atoms with Crippen LogP contribution in [0, 0.1) is 0 Å². The van der Waals surface area contributed by atoms with Crippen LogP contribution < -0.4 is 4.90 Å². The molecule has 2 aromatic heterocycles. The molecule has 1 N–H and O–H groups in total. The van der Waals surface area contributed by atoms with Gasteiger partial charge in [-0.05, 0) is 18.2 Å². The molecular formula is C17H10Cl3N3O3S2. The second kappa shape index (κ2) is 7.68. The number of aromatic nitrogens is 2. The normalized spacial score (nSPS) is 16.5. The van der Waals surface area contributed by atoms with Crippen molar-refractivity contribution >= 4 is 85.8 Å². The Bertz CT molecular complexity index is 1120. The lowest BCUT2D eigenvalue weighted by Crippen LogP contribution is -2.42. The van der Waals surface area contributed by atoms with E-state index >= 15 is 0 Å². The van der Waals surface area contributed by atoms with Crippen molar-refractivity contribution in [1.82, 2.24) is 9.97 Å². The third-order valence-electron chi connectivity index (χ3n) is 4.02. The van der Waals surface area contributed by atoms with E-state index in [1.54, 1.807) is 12.1 Å². The first kappa shape index (κ1) is 19.7. The Kier molecular flexibility index (Phi) is 5.41. The van der Waals surface area contributed by atoms with Crippen molar-refractivity contribution in [3.8, 4) is 0 Å². The van der Waals surface area contributed by atoms with Gasteiger partial charge in [-0.15, -0.1) is 23.1 Å². The average molecular weight is 475 g/mol. The van der Waals surface area contributed by atoms with Gasteiger partial charge in [-0.25, -0.2) is 9.97 Å². The number of benzene rings is 1. The maximum Gasteiger partial charge on any atom is 0.305 e. The highest BCUT2D eigenvalue weighted by Crippen LogP contribution is 2.41. The first-order valence-electron chi connectivity index (χ1n) is 7.92. The van der Waals surface area contributed by atoms with Gasteiger partial charge in [0.1, 0.15) is 16.3 Å². The van der Waals surface area contributed by atoms with E-state index in [1.807, 2.05) is 6.07 Å². The Hall–Kier alpha value is -1.58. The number of carboxylic acid groups (broad SMARTS) is 1. The van der Waals surface area contributed by atoms with Crippen LogP contribution in [-0.4, -0.2) is 32.2 Å². The maximum absolute atomic E-state index is 12.9. The standard InChI is InChI=1S/C17H10Cl3N3O3S2/c18-7-3-10-16(21-5-7)23(17(26)11(27-10)4-13(24)25)6-12-22-15-9(28-12)2-1-8(19)14(15)20/h1-3,5,11H,4,6H2,(H,24,25). The quantitative estimate of drug-likeness (QED) is 0.564. The molecule has 11 heteroatoms. The zero-order chi connectivity index (χ0) is 20.0. The van der Waals surface area contributed by atoms with E-state index in [9.17, 15) is 9.59 Å². The number of thiazole rings is 1. The first-order valence-corrected chi connectivity index (χ1v) is 10.8. The van der Waals surface area contributed by atoms with Gasteiger partial charge in [0.25, 0.3) is 0 Å². The lowest BCUT2D eigenvalue weighted by atomic mass is 10.2. The smallest absolute Gasteiger partial charge is 0.305 e. The van der Waals surface area contributed by atoms with Crippen molar-refractivity contribution in [2.45, 2.75) is 23.1 Å². The van der Waals surface area contributed by atoms with Crippen LogP contribution in [0.2, 0.25) is 15.1 Å². The van der Waals surface area contributed by atoms with Crippen molar-refractivity contribution in [3.63, 3.8) is 0 Å². The minimum Gasteiger partial charge on any atom is -0.481 e. The summed E-state index contributed by atoms with van der Waals surface area (Å²) in [5.74, 6) is -0.951. The molecule has 0 aliphatic carbocycles. The molecule has 0 radical (unpaired) electrons. The molecule has 1 aliphatic heterocycles. The van der Waals surface area contributed by atoms with E-state index in [2.05, 4.69) is 9.97 Å². The topological polar surface area (TPSA) is 83.4 Å². The molecule has 1 aromatic carbocycles. The lowest BCUT2D eigenvalue weighted by molar-refractivity contribution is -0.138. The summed E-state index contributed by atoms with van der Waals surface area (Å²) in [7, 11) is 0. The van der Waals surface area contributed by atoms with Crippen LogP contribution >= 0.6 is 57.9 Å². The van der Waals surface area contributed by atoms with Crippen LogP contribution in [-0.2, 0) is 16.1 Å². The van der Waals surface area contributed by atoms with Crippen LogP contribution in [0.5, 0.6) is 0 Å². The molecule has 0 saturated carbocycles. The number of anilines is 1. The van der Waals surface area contributed by atoms with Gasteiger partial charge in [-0.1, -0.05) is 34.8 Å². The first-order chi connectivity index (χ1) is 13.3. The van der Waals surface area contributed by atoms with Crippen molar-refractivity contribution in [2.24, 2.45) is 0 Å². The number of fused-ring (bicyclic) bond motifs is 2. The number of thioether (sulfide) groups is 1. The highest BCUT2D eigenvalue weighted by Gasteiger charge is 2.36. The predicted octanol–water partition coefficient (Wildman–Crippen LogP) is 5.13. The van der Waals surface area contributed by atoms with Crippen molar-refractivity contribution in [3.05, 3.63) is 44.5 Å². The summed E-state index contributed by atoms with van der Waals surface area (Å²) >= 11 is 20.8. The molecule has 0 fully saturated rings. The Morgan fingerprint density at radius 2 is 2.07 bits per heavy atom. The number of carbonyl (C=O) groups excluding carboxylic acids is 1. The van der Waals surface area contributed by atoms with Crippen LogP contribution in [0.25, 0.3) is 10.2 Å². The summed E-state index contributed by atoms with van der Waals surface area (Å²) in [5.41, 5.74) is 0.569. The summed E-state index contributed by atoms with van der Waals surface area (Å²) in [6.45, 7) is 0.143. The van der Waals surface area contributed by atoms with Gasteiger partial charge in [-0.2, -0.15) is 0 Å². The molecule has 1 aliphatic rings. The molecule has 144 valence electrons. The number of carboxylic acids is 1. The number of pyridine rings is 1. The van der Waals surface area contributed by atoms with Crippen LogP contribution in [0.15, 0.2) is 29.3 Å². The average Bonchev–Trinajstić information content (AvgIpc) is 3.05. The fourth-order valence-corrected chi connectivity index (χ4v) is 5.64. The molecule has 3 heterocycles. The Balaban J connectivity index is 1.74. The number of hydrogen-bond acceptors (Lipinski definition) is 6. The van der Waals surface area contributed by atoms with E-state index in [-0.39, 0.29) is 18.9 Å². The Morgan fingerprint density at radius 3 is 2.82 bits per heavy atom. The number of hydrogen-bond donors (Lipinski definition) is 1. The molecule has 1 unspecified atom stereocenters. The fraction of sp³-hybridized carbons (Fsp3) is 0.176. The van der Waals surface area contributed by atoms with Crippen molar-refractivity contribution < 1.29 is 14.7 Å². The van der Waals surface area contributed by atoms with Crippen molar-refractivity contribution in [2.75, 3.05) is 4.90 Å². The van der Waals surface area contributed by atoms with Crippen molar-refractivity contribution in [1.29, 1.82) is 0 Å². The van der Waals surface area contributed by atoms with Gasteiger partial charge in [0.2, 0.25) is 5.91 Å². The molecule has 0 saturated heterocycles. The molecule has 1 atom stereocenters. The molecule has 3 aromatic rings. The second-order valence-electron chi connectivity index (χ2n) is 5.92. The highest BCUT2D eigenvalue weighted by molar-refractivity contribution is 8.01. The molecule has 6 nitrogen and oxygen atoms in total. The minimum absolute atomic E-state index is 0.143. The minimum atomic E-state index is -1.05. The van der Waals surface area contributed by atoms with E-state index in [0.29, 0.717) is 36.3 Å². The van der Waals surface area contributed by atoms with Crippen LogP contribution in [0.4, 0.5) is 5.82 Å². The molecule has 4 rings (SSSR count). The van der Waals surface area contributed by atoms with E-state index in [4.69, 9.17) is 39.9 Å². The van der Waals surface area contributed by atoms with Gasteiger partial charge in [0.15, 0.2) is 0 Å². The number of halogens is 3. The van der Waals surface area contributed by atoms with E-state index in [1.165, 1.54) is 22.4 Å². The molecule has 0 bridgehead atoms. The zero-order valence-electron chi connectivity index (χ0n) is 13.9. The van der Waals surface area contributed by atoms with Crippen LogP contribution in [0.3, 0.4) is 0 Å². The van der Waals surface area contributed by atoms with Gasteiger partial charge < -0.3 is 5.11 Å². The summed E-state index contributed by atoms with van der Waals surface area (Å²) in [6, 6.07) is 5.19. The predicted molar refractivity (Wildman–Crippen MR) is 112 cm³/mol. The highest BCUT2D eigenvalue weighted by atomic mass is 35.5. The van der Waals surface area contributed by atoms with Gasteiger partial charge in [0, 0.05) is 6.20 Å². The molecule has 28 heavy (non-hydrogen) atoms. The van der Waals surface area contributed by atoms with Gasteiger partial charge >= 0.3 is 5.97 Å². The zero-order valence-corrected chi connectivity index (χ0v) is 17.8. The summed E-state index contributed by atoms with van der Waals surface area (Å²) in [6.07, 6.45) is 1.15. The van der Waals surface area contributed by atoms with E-state index < -0.39 is 11.2 Å². The number of amides is 1. The van der Waals surface area contributed by atoms with E-state index in [0.717, 1.165) is 16.5 Å². The monoisotopic (exact) mass is 473 g/mol.